The Morgan fingerprint density at radius 3 is 2.38 bits per heavy atom. The minimum absolute atomic E-state index is 0.186. The molecule has 0 radical (unpaired) electrons. The Hall–Kier alpha value is -2.71. The average molecular weight is 432 g/mol. The van der Waals surface area contributed by atoms with Gasteiger partial charge in [0, 0.05) is 0 Å². The van der Waals surface area contributed by atoms with Gasteiger partial charge in [-0.2, -0.15) is 0 Å². The topological polar surface area (TPSA) is 66.0 Å². The van der Waals surface area contributed by atoms with Crippen LogP contribution < -0.4 is 24.3 Å². The number of carbonyl (C=O) groups excluding carboxylic acids is 1. The molecular weight excluding hydrogens is 410 g/mol. The third-order valence-electron chi connectivity index (χ3n) is 3.88. The van der Waals surface area contributed by atoms with E-state index in [-0.39, 0.29) is 5.91 Å². The molecule has 152 valence electrons. The summed E-state index contributed by atoms with van der Waals surface area (Å²) >= 11 is 6.26. The van der Waals surface area contributed by atoms with Crippen LogP contribution in [0.2, 0.25) is 0 Å². The predicted molar refractivity (Wildman–Crippen MR) is 118 cm³/mol. The van der Waals surface area contributed by atoms with E-state index >= 15 is 0 Å². The van der Waals surface area contributed by atoms with Crippen LogP contribution in [-0.2, 0) is 4.79 Å². The van der Waals surface area contributed by atoms with Crippen molar-refractivity contribution in [1.29, 1.82) is 0 Å². The number of carbonyl (C=O) groups is 1. The number of amides is 1. The van der Waals surface area contributed by atoms with Crippen LogP contribution >= 0.6 is 24.0 Å². The molecule has 2 aromatic carbocycles. The number of thioether (sulfide) groups is 1. The molecule has 1 N–H and O–H groups in total. The molecule has 2 aromatic rings. The minimum atomic E-state index is -0.186. The summed E-state index contributed by atoms with van der Waals surface area (Å²) in [6.07, 6.45) is 1.78. The van der Waals surface area contributed by atoms with Crippen molar-refractivity contribution >= 4 is 40.3 Å². The summed E-state index contributed by atoms with van der Waals surface area (Å²) < 4.78 is 22.8. The van der Waals surface area contributed by atoms with Crippen molar-refractivity contribution in [3.8, 4) is 23.0 Å². The quantitative estimate of drug-likeness (QED) is 0.365. The number of rotatable bonds is 9. The van der Waals surface area contributed by atoms with Gasteiger partial charge in [0.1, 0.15) is 29.0 Å². The van der Waals surface area contributed by atoms with Gasteiger partial charge in [-0.1, -0.05) is 30.0 Å². The summed E-state index contributed by atoms with van der Waals surface area (Å²) in [5, 5.41) is 2.60. The first-order valence-corrected chi connectivity index (χ1v) is 10.2. The monoisotopic (exact) mass is 431 g/mol. The Balaban J connectivity index is 1.60. The largest absolute Gasteiger partial charge is 0.497 e. The maximum Gasteiger partial charge on any atom is 0.263 e. The Morgan fingerprint density at radius 2 is 1.72 bits per heavy atom. The standard InChI is InChI=1S/C21H21NO5S2/c1-3-25-18-12-14(13-19-20(23)22-21(28)29-19)4-9-17(18)27-11-10-26-16-7-5-15(24-2)6-8-16/h4-9,12-13H,3,10-11H2,1-2H3,(H,22,23,28). The van der Waals surface area contributed by atoms with Crippen LogP contribution in [0.5, 0.6) is 23.0 Å². The van der Waals surface area contributed by atoms with Crippen LogP contribution in [0.25, 0.3) is 6.08 Å². The van der Waals surface area contributed by atoms with Crippen LogP contribution in [0, 0.1) is 0 Å². The van der Waals surface area contributed by atoms with Crippen molar-refractivity contribution in [3.63, 3.8) is 0 Å². The number of nitrogens with one attached hydrogen (secondary N) is 1. The molecule has 1 aliphatic heterocycles. The van der Waals surface area contributed by atoms with Gasteiger partial charge in [-0.15, -0.1) is 0 Å². The molecule has 0 bridgehead atoms. The van der Waals surface area contributed by atoms with Gasteiger partial charge in [-0.3, -0.25) is 4.79 Å². The summed E-state index contributed by atoms with van der Waals surface area (Å²) in [6.45, 7) is 3.15. The number of thiocarbonyl (C=S) groups is 1. The van der Waals surface area contributed by atoms with Crippen LogP contribution in [0.1, 0.15) is 12.5 Å². The van der Waals surface area contributed by atoms with E-state index in [0.717, 1.165) is 17.1 Å². The van der Waals surface area contributed by atoms with Gasteiger partial charge < -0.3 is 24.3 Å². The van der Waals surface area contributed by atoms with Crippen LogP contribution in [0.15, 0.2) is 47.4 Å². The zero-order chi connectivity index (χ0) is 20.6. The summed E-state index contributed by atoms with van der Waals surface area (Å²) in [7, 11) is 1.62. The van der Waals surface area contributed by atoms with Gasteiger partial charge in [-0.05, 0) is 55.0 Å². The molecular formula is C21H21NO5S2. The molecule has 1 aliphatic rings. The molecule has 1 fully saturated rings. The molecule has 3 rings (SSSR count). The average Bonchev–Trinajstić information content (AvgIpc) is 3.04. The first-order valence-electron chi connectivity index (χ1n) is 9.00. The zero-order valence-corrected chi connectivity index (χ0v) is 17.7. The van der Waals surface area contributed by atoms with Crippen LogP contribution in [-0.4, -0.2) is 37.2 Å². The highest BCUT2D eigenvalue weighted by atomic mass is 32.2. The maximum atomic E-state index is 11.8. The minimum Gasteiger partial charge on any atom is -0.497 e. The van der Waals surface area contributed by atoms with Gasteiger partial charge in [-0.25, -0.2) is 0 Å². The van der Waals surface area contributed by atoms with Crippen molar-refractivity contribution in [2.24, 2.45) is 0 Å². The zero-order valence-electron chi connectivity index (χ0n) is 16.1. The van der Waals surface area contributed by atoms with E-state index in [4.69, 9.17) is 31.2 Å². The second kappa shape index (κ2) is 10.2. The number of hydrogen-bond acceptors (Lipinski definition) is 7. The van der Waals surface area contributed by atoms with Crippen molar-refractivity contribution in [2.75, 3.05) is 26.9 Å². The molecule has 29 heavy (non-hydrogen) atoms. The number of methoxy groups -OCH3 is 1. The van der Waals surface area contributed by atoms with E-state index in [0.29, 0.717) is 40.5 Å². The Kier molecular flexibility index (Phi) is 7.37. The number of benzene rings is 2. The second-order valence-corrected chi connectivity index (χ2v) is 7.58. The van der Waals surface area contributed by atoms with E-state index in [9.17, 15) is 4.79 Å². The molecule has 0 saturated carbocycles. The first kappa shape index (κ1) is 21.0. The third kappa shape index (κ3) is 5.88. The lowest BCUT2D eigenvalue weighted by Crippen LogP contribution is -2.17. The smallest absolute Gasteiger partial charge is 0.263 e. The highest BCUT2D eigenvalue weighted by molar-refractivity contribution is 8.26. The highest BCUT2D eigenvalue weighted by Crippen LogP contribution is 2.32. The Morgan fingerprint density at radius 1 is 1.00 bits per heavy atom. The van der Waals surface area contributed by atoms with Gasteiger partial charge in [0.2, 0.25) is 0 Å². The molecule has 1 heterocycles. The molecule has 1 amide bonds. The molecule has 0 unspecified atom stereocenters. The van der Waals surface area contributed by atoms with E-state index in [1.807, 2.05) is 49.4 Å². The molecule has 0 aromatic heterocycles. The van der Waals surface area contributed by atoms with Gasteiger partial charge >= 0.3 is 0 Å². The van der Waals surface area contributed by atoms with E-state index in [2.05, 4.69) is 5.32 Å². The van der Waals surface area contributed by atoms with Crippen molar-refractivity contribution in [1.82, 2.24) is 5.32 Å². The molecule has 0 spiro atoms. The fourth-order valence-corrected chi connectivity index (χ4v) is 3.60. The molecule has 8 heteroatoms. The summed E-state index contributed by atoms with van der Waals surface area (Å²) in [5.74, 6) is 2.56. The fraction of sp³-hybridized carbons (Fsp3) is 0.238. The van der Waals surface area contributed by atoms with Crippen molar-refractivity contribution < 1.29 is 23.7 Å². The normalized spacial score (nSPS) is 14.6. The lowest BCUT2D eigenvalue weighted by Gasteiger charge is -2.13. The van der Waals surface area contributed by atoms with Gasteiger partial charge in [0.05, 0.1) is 18.6 Å². The lowest BCUT2D eigenvalue weighted by molar-refractivity contribution is -0.115. The second-order valence-electron chi connectivity index (χ2n) is 5.86. The molecule has 6 nitrogen and oxygen atoms in total. The summed E-state index contributed by atoms with van der Waals surface area (Å²) in [5.41, 5.74) is 0.831. The highest BCUT2D eigenvalue weighted by Gasteiger charge is 2.22. The maximum absolute atomic E-state index is 11.8. The third-order valence-corrected chi connectivity index (χ3v) is 5.04. The molecule has 0 aliphatic carbocycles. The number of ether oxygens (including phenoxy) is 4. The predicted octanol–water partition coefficient (Wildman–Crippen LogP) is 4.04. The van der Waals surface area contributed by atoms with Gasteiger partial charge in [0.25, 0.3) is 5.91 Å². The summed E-state index contributed by atoms with van der Waals surface area (Å²) in [4.78, 5) is 12.4. The molecule has 0 atom stereocenters. The lowest BCUT2D eigenvalue weighted by atomic mass is 10.2. The SMILES string of the molecule is CCOc1cc(C=C2SC(=S)NC2=O)ccc1OCCOc1ccc(OC)cc1. The van der Waals surface area contributed by atoms with Gasteiger partial charge in [0.15, 0.2) is 11.5 Å². The van der Waals surface area contributed by atoms with Crippen molar-refractivity contribution in [2.45, 2.75) is 6.92 Å². The van der Waals surface area contributed by atoms with Crippen molar-refractivity contribution in [3.05, 3.63) is 52.9 Å². The summed E-state index contributed by atoms with van der Waals surface area (Å²) in [6, 6.07) is 12.9. The van der Waals surface area contributed by atoms with Crippen LogP contribution in [0.4, 0.5) is 0 Å². The van der Waals surface area contributed by atoms with E-state index in [1.54, 1.807) is 13.2 Å². The number of hydrogen-bond donors (Lipinski definition) is 1. The first-order chi connectivity index (χ1) is 14.1. The van der Waals surface area contributed by atoms with E-state index < -0.39 is 0 Å². The Labute approximate surface area is 179 Å². The van der Waals surface area contributed by atoms with Crippen LogP contribution in [0.3, 0.4) is 0 Å². The fourth-order valence-electron chi connectivity index (χ4n) is 2.56. The molecule has 1 saturated heterocycles. The Bertz CT molecular complexity index is 912. The van der Waals surface area contributed by atoms with E-state index in [1.165, 1.54) is 11.8 Å².